The summed E-state index contributed by atoms with van der Waals surface area (Å²) in [7, 11) is 0. The van der Waals surface area contributed by atoms with E-state index in [9.17, 15) is 9.59 Å². The number of para-hydroxylation sites is 1. The summed E-state index contributed by atoms with van der Waals surface area (Å²) >= 11 is 0. The van der Waals surface area contributed by atoms with E-state index in [0.29, 0.717) is 30.8 Å². The molecule has 0 aromatic heterocycles. The number of nitrogens with zero attached hydrogens (tertiary/aromatic N) is 1. The molecule has 1 heterocycles. The Hall–Kier alpha value is -2.08. The molecular weight excluding hydrogens is 284 g/mol. The van der Waals surface area contributed by atoms with Gasteiger partial charge in [-0.15, -0.1) is 0 Å². The molecule has 6 heteroatoms. The van der Waals surface area contributed by atoms with Crippen molar-refractivity contribution in [1.82, 2.24) is 4.90 Å². The standard InChI is InChI=1S/C16H22N2O4/c1-11(2)22-14-6-4-3-5-13(14)16(20)18-8-7-12(9-18)21-10-15(17)19/h3-6,11-12H,7-10H2,1-2H3,(H2,17,19)/t12-/m0/s1. The van der Waals surface area contributed by atoms with Gasteiger partial charge in [0.25, 0.3) is 5.91 Å². The van der Waals surface area contributed by atoms with Crippen molar-refractivity contribution >= 4 is 11.8 Å². The van der Waals surface area contributed by atoms with E-state index in [1.807, 2.05) is 26.0 Å². The normalized spacial score (nSPS) is 17.8. The number of benzene rings is 1. The summed E-state index contributed by atoms with van der Waals surface area (Å²) in [5, 5.41) is 0. The van der Waals surface area contributed by atoms with Gasteiger partial charge < -0.3 is 20.1 Å². The van der Waals surface area contributed by atoms with Gasteiger partial charge in [-0.3, -0.25) is 9.59 Å². The average Bonchev–Trinajstić information content (AvgIpc) is 2.93. The van der Waals surface area contributed by atoms with Crippen molar-refractivity contribution in [2.45, 2.75) is 32.5 Å². The van der Waals surface area contributed by atoms with Gasteiger partial charge in [0.15, 0.2) is 0 Å². The van der Waals surface area contributed by atoms with Crippen molar-refractivity contribution in [3.63, 3.8) is 0 Å². The Morgan fingerprint density at radius 2 is 2.09 bits per heavy atom. The molecule has 2 rings (SSSR count). The molecule has 22 heavy (non-hydrogen) atoms. The molecule has 0 unspecified atom stereocenters. The summed E-state index contributed by atoms with van der Waals surface area (Å²) in [6.45, 7) is 4.79. The predicted molar refractivity (Wildman–Crippen MR) is 81.7 cm³/mol. The van der Waals surface area contributed by atoms with E-state index in [1.165, 1.54) is 0 Å². The van der Waals surface area contributed by atoms with Crippen LogP contribution in [0.1, 0.15) is 30.6 Å². The van der Waals surface area contributed by atoms with Crippen molar-refractivity contribution < 1.29 is 19.1 Å². The van der Waals surface area contributed by atoms with Gasteiger partial charge in [-0.05, 0) is 32.4 Å². The van der Waals surface area contributed by atoms with E-state index in [2.05, 4.69) is 0 Å². The van der Waals surface area contributed by atoms with Crippen molar-refractivity contribution in [2.24, 2.45) is 5.73 Å². The van der Waals surface area contributed by atoms with Gasteiger partial charge in [-0.25, -0.2) is 0 Å². The van der Waals surface area contributed by atoms with Gasteiger partial charge >= 0.3 is 0 Å². The number of carbonyl (C=O) groups is 2. The second-order valence-electron chi connectivity index (χ2n) is 5.60. The van der Waals surface area contributed by atoms with Crippen LogP contribution in [0.15, 0.2) is 24.3 Å². The maximum atomic E-state index is 12.6. The van der Waals surface area contributed by atoms with E-state index in [-0.39, 0.29) is 24.7 Å². The monoisotopic (exact) mass is 306 g/mol. The number of rotatable bonds is 6. The molecule has 1 aromatic rings. The fourth-order valence-corrected chi connectivity index (χ4v) is 2.42. The maximum Gasteiger partial charge on any atom is 0.257 e. The minimum absolute atomic E-state index is 0.000763. The largest absolute Gasteiger partial charge is 0.490 e. The van der Waals surface area contributed by atoms with Crippen molar-refractivity contribution in [1.29, 1.82) is 0 Å². The van der Waals surface area contributed by atoms with Crippen LogP contribution in [-0.4, -0.2) is 48.6 Å². The van der Waals surface area contributed by atoms with Crippen LogP contribution >= 0.6 is 0 Å². The van der Waals surface area contributed by atoms with Crippen LogP contribution in [0.5, 0.6) is 5.75 Å². The molecule has 1 aliphatic rings. The predicted octanol–water partition coefficient (Wildman–Crippen LogP) is 1.19. The van der Waals surface area contributed by atoms with Gasteiger partial charge in [-0.1, -0.05) is 12.1 Å². The topological polar surface area (TPSA) is 81.9 Å². The van der Waals surface area contributed by atoms with Gasteiger partial charge in [0.1, 0.15) is 12.4 Å². The zero-order chi connectivity index (χ0) is 16.1. The zero-order valence-corrected chi connectivity index (χ0v) is 13.0. The number of hydrogen-bond acceptors (Lipinski definition) is 4. The highest BCUT2D eigenvalue weighted by molar-refractivity contribution is 5.97. The Kier molecular flexibility index (Phi) is 5.38. The summed E-state index contributed by atoms with van der Waals surface area (Å²) in [6, 6.07) is 7.22. The van der Waals surface area contributed by atoms with Crippen LogP contribution in [0.3, 0.4) is 0 Å². The Balaban J connectivity index is 2.02. The molecule has 1 aromatic carbocycles. The fourth-order valence-electron chi connectivity index (χ4n) is 2.42. The molecule has 0 radical (unpaired) electrons. The van der Waals surface area contributed by atoms with Crippen LogP contribution < -0.4 is 10.5 Å². The summed E-state index contributed by atoms with van der Waals surface area (Å²) < 4.78 is 11.1. The smallest absolute Gasteiger partial charge is 0.257 e. The molecule has 0 spiro atoms. The molecule has 120 valence electrons. The van der Waals surface area contributed by atoms with Crippen LogP contribution in [0.4, 0.5) is 0 Å². The summed E-state index contributed by atoms with van der Waals surface area (Å²) in [5.41, 5.74) is 5.61. The average molecular weight is 306 g/mol. The van der Waals surface area contributed by atoms with Crippen LogP contribution in [0.2, 0.25) is 0 Å². The molecule has 1 saturated heterocycles. The first-order valence-electron chi connectivity index (χ1n) is 7.42. The number of hydrogen-bond donors (Lipinski definition) is 1. The number of ether oxygens (including phenoxy) is 2. The molecule has 6 nitrogen and oxygen atoms in total. The Labute approximate surface area is 130 Å². The van der Waals surface area contributed by atoms with Gasteiger partial charge in [0, 0.05) is 13.1 Å². The Morgan fingerprint density at radius 1 is 1.36 bits per heavy atom. The van der Waals surface area contributed by atoms with E-state index < -0.39 is 5.91 Å². The van der Waals surface area contributed by atoms with Crippen LogP contribution in [-0.2, 0) is 9.53 Å². The van der Waals surface area contributed by atoms with Crippen molar-refractivity contribution in [2.75, 3.05) is 19.7 Å². The van der Waals surface area contributed by atoms with E-state index in [0.717, 1.165) is 0 Å². The first-order valence-corrected chi connectivity index (χ1v) is 7.42. The number of primary amides is 1. The lowest BCUT2D eigenvalue weighted by molar-refractivity contribution is -0.124. The SMILES string of the molecule is CC(C)Oc1ccccc1C(=O)N1CC[C@H](OCC(N)=O)C1. The molecule has 0 saturated carbocycles. The maximum absolute atomic E-state index is 12.6. The number of nitrogens with two attached hydrogens (primary N) is 1. The molecule has 1 aliphatic heterocycles. The van der Waals surface area contributed by atoms with Gasteiger partial charge in [-0.2, -0.15) is 0 Å². The lowest BCUT2D eigenvalue weighted by Gasteiger charge is -2.19. The number of likely N-dealkylation sites (tertiary alicyclic amines) is 1. The minimum atomic E-state index is -0.500. The lowest BCUT2D eigenvalue weighted by atomic mass is 10.1. The number of amides is 2. The fraction of sp³-hybridized carbons (Fsp3) is 0.500. The highest BCUT2D eigenvalue weighted by atomic mass is 16.5. The third-order valence-electron chi connectivity index (χ3n) is 3.37. The minimum Gasteiger partial charge on any atom is -0.490 e. The molecule has 2 amide bonds. The zero-order valence-electron chi connectivity index (χ0n) is 13.0. The molecule has 0 aliphatic carbocycles. The lowest BCUT2D eigenvalue weighted by Crippen LogP contribution is -2.31. The molecule has 1 atom stereocenters. The van der Waals surface area contributed by atoms with E-state index >= 15 is 0 Å². The van der Waals surface area contributed by atoms with Gasteiger partial charge in [0.2, 0.25) is 5.91 Å². The second-order valence-corrected chi connectivity index (χ2v) is 5.60. The highest BCUT2D eigenvalue weighted by Crippen LogP contribution is 2.23. The molecule has 1 fully saturated rings. The van der Waals surface area contributed by atoms with E-state index in [4.69, 9.17) is 15.2 Å². The Bertz CT molecular complexity index is 545. The Morgan fingerprint density at radius 3 is 2.77 bits per heavy atom. The van der Waals surface area contributed by atoms with Crippen LogP contribution in [0.25, 0.3) is 0 Å². The third kappa shape index (κ3) is 4.21. The second kappa shape index (κ2) is 7.26. The van der Waals surface area contributed by atoms with Crippen molar-refractivity contribution in [3.05, 3.63) is 29.8 Å². The van der Waals surface area contributed by atoms with E-state index in [1.54, 1.807) is 17.0 Å². The quantitative estimate of drug-likeness (QED) is 0.856. The summed E-state index contributed by atoms with van der Waals surface area (Å²) in [4.78, 5) is 25.1. The van der Waals surface area contributed by atoms with Crippen molar-refractivity contribution in [3.8, 4) is 5.75 Å². The number of carbonyl (C=O) groups excluding carboxylic acids is 2. The van der Waals surface area contributed by atoms with Crippen LogP contribution in [0, 0.1) is 0 Å². The molecular formula is C16H22N2O4. The first kappa shape index (κ1) is 16.3. The summed E-state index contributed by atoms with van der Waals surface area (Å²) in [5.74, 6) is 0.00545. The van der Waals surface area contributed by atoms with Gasteiger partial charge in [0.05, 0.1) is 17.8 Å². The highest BCUT2D eigenvalue weighted by Gasteiger charge is 2.29. The molecule has 0 bridgehead atoms. The third-order valence-corrected chi connectivity index (χ3v) is 3.37. The molecule has 2 N–H and O–H groups in total. The summed E-state index contributed by atoms with van der Waals surface area (Å²) in [6.07, 6.45) is 0.556. The first-order chi connectivity index (χ1) is 10.5.